The summed E-state index contributed by atoms with van der Waals surface area (Å²) < 4.78 is 19.2. The minimum absolute atomic E-state index is 0.0513. The lowest BCUT2D eigenvalue weighted by Crippen LogP contribution is -2.42. The van der Waals surface area contributed by atoms with E-state index in [9.17, 15) is 0 Å². The molecule has 0 N–H and O–H groups in total. The smallest absolute Gasteiger partial charge is 0.309 e. The lowest BCUT2D eigenvalue weighted by Gasteiger charge is -2.37. The fraction of sp³-hybridized carbons (Fsp3) is 1.00. The minimum Gasteiger partial charge on any atom is -0.309 e. The van der Waals surface area contributed by atoms with Crippen LogP contribution in [0.2, 0.25) is 0 Å². The quantitative estimate of drug-likeness (QED) is 0.534. The first kappa shape index (κ1) is 20.6. The van der Waals surface area contributed by atoms with E-state index in [0.29, 0.717) is 11.8 Å². The van der Waals surface area contributed by atoms with Crippen LogP contribution in [0, 0.1) is 28.6 Å². The van der Waals surface area contributed by atoms with Gasteiger partial charge in [-0.05, 0) is 41.4 Å². The highest BCUT2D eigenvalue weighted by Gasteiger charge is 2.50. The molecule has 0 amide bonds. The van der Waals surface area contributed by atoms with E-state index in [1.54, 1.807) is 0 Å². The van der Waals surface area contributed by atoms with Crippen molar-refractivity contribution in [1.29, 1.82) is 0 Å². The molecule has 1 aliphatic carbocycles. The topological polar surface area (TPSA) is 27.7 Å². The molecule has 2 aliphatic rings. The Morgan fingerprint density at radius 1 is 0.917 bits per heavy atom. The lowest BCUT2D eigenvalue weighted by molar-refractivity contribution is 0.000876. The SMILES string of the molecule is CC(C)[C@@H]1CC[C@@H](C)C[C@H]1OP1O[C@@H](C(C)(C)C)[C@H](C(C)(C)C)O1. The van der Waals surface area contributed by atoms with Gasteiger partial charge in [0.1, 0.15) is 0 Å². The molecule has 0 aromatic heterocycles. The molecule has 0 aromatic rings. The van der Waals surface area contributed by atoms with E-state index in [2.05, 4.69) is 62.3 Å². The molecule has 2 fully saturated rings. The Bertz CT molecular complexity index is 388. The van der Waals surface area contributed by atoms with Gasteiger partial charge in [0.25, 0.3) is 0 Å². The Kier molecular flexibility index (Phi) is 6.45. The summed E-state index contributed by atoms with van der Waals surface area (Å²) in [4.78, 5) is 0. The van der Waals surface area contributed by atoms with Crippen molar-refractivity contribution >= 4 is 8.60 Å². The van der Waals surface area contributed by atoms with E-state index in [1.807, 2.05) is 0 Å². The van der Waals surface area contributed by atoms with Gasteiger partial charge in [-0.2, -0.15) is 0 Å². The van der Waals surface area contributed by atoms with Crippen molar-refractivity contribution in [3.8, 4) is 0 Å². The van der Waals surface area contributed by atoms with E-state index in [4.69, 9.17) is 13.6 Å². The van der Waals surface area contributed by atoms with Crippen LogP contribution >= 0.6 is 8.60 Å². The third kappa shape index (κ3) is 4.93. The van der Waals surface area contributed by atoms with Crippen LogP contribution in [0.15, 0.2) is 0 Å². The predicted molar refractivity (Wildman–Crippen MR) is 102 cm³/mol. The number of hydrogen-bond donors (Lipinski definition) is 0. The van der Waals surface area contributed by atoms with Gasteiger partial charge in [0.15, 0.2) is 0 Å². The predicted octanol–water partition coefficient (Wildman–Crippen LogP) is 6.57. The Balaban J connectivity index is 2.09. The number of rotatable bonds is 3. The van der Waals surface area contributed by atoms with Crippen molar-refractivity contribution in [2.45, 2.75) is 99.9 Å². The summed E-state index contributed by atoms with van der Waals surface area (Å²) in [5, 5.41) is 0. The van der Waals surface area contributed by atoms with Gasteiger partial charge in [0.2, 0.25) is 0 Å². The maximum Gasteiger partial charge on any atom is 0.333 e. The first-order chi connectivity index (χ1) is 10.9. The highest BCUT2D eigenvalue weighted by Crippen LogP contribution is 2.58. The molecule has 0 radical (unpaired) electrons. The van der Waals surface area contributed by atoms with Gasteiger partial charge in [-0.1, -0.05) is 68.7 Å². The molecular formula is C20H39O3P. The average Bonchev–Trinajstić information content (AvgIpc) is 2.82. The Hall–Kier alpha value is 0.310. The molecule has 5 atom stereocenters. The highest BCUT2D eigenvalue weighted by atomic mass is 31.2. The summed E-state index contributed by atoms with van der Waals surface area (Å²) >= 11 is 0. The molecule has 2 rings (SSSR count). The second-order valence-electron chi connectivity index (χ2n) is 10.5. The van der Waals surface area contributed by atoms with E-state index >= 15 is 0 Å². The number of hydrogen-bond acceptors (Lipinski definition) is 3. The third-order valence-corrected chi connectivity index (χ3v) is 6.81. The Labute approximate surface area is 151 Å². The van der Waals surface area contributed by atoms with Gasteiger partial charge in [0.05, 0.1) is 18.3 Å². The Morgan fingerprint density at radius 3 is 1.83 bits per heavy atom. The summed E-state index contributed by atoms with van der Waals surface area (Å²) in [6, 6.07) is 0. The lowest BCUT2D eigenvalue weighted by atomic mass is 9.75. The molecule has 1 saturated heterocycles. The minimum atomic E-state index is -1.25. The third-order valence-electron chi connectivity index (χ3n) is 5.56. The molecular weight excluding hydrogens is 319 g/mol. The van der Waals surface area contributed by atoms with Crippen LogP contribution in [0.25, 0.3) is 0 Å². The van der Waals surface area contributed by atoms with Crippen molar-refractivity contribution in [2.75, 3.05) is 0 Å². The largest absolute Gasteiger partial charge is 0.333 e. The zero-order valence-electron chi connectivity index (χ0n) is 17.3. The summed E-state index contributed by atoms with van der Waals surface area (Å²) in [7, 11) is -1.25. The highest BCUT2D eigenvalue weighted by molar-refractivity contribution is 7.42. The zero-order valence-corrected chi connectivity index (χ0v) is 18.2. The summed E-state index contributed by atoms with van der Waals surface area (Å²) in [5.74, 6) is 2.01. The van der Waals surface area contributed by atoms with Crippen molar-refractivity contribution in [3.05, 3.63) is 0 Å². The molecule has 142 valence electrons. The molecule has 0 bridgehead atoms. The molecule has 3 nitrogen and oxygen atoms in total. The molecule has 0 aromatic carbocycles. The van der Waals surface area contributed by atoms with Gasteiger partial charge in [-0.15, -0.1) is 0 Å². The fourth-order valence-electron chi connectivity index (χ4n) is 3.94. The normalized spacial score (nSPS) is 36.5. The van der Waals surface area contributed by atoms with Crippen LogP contribution in [0.1, 0.15) is 81.6 Å². The summed E-state index contributed by atoms with van der Waals surface area (Å²) in [6.45, 7) is 20.4. The van der Waals surface area contributed by atoms with Crippen LogP contribution in [-0.2, 0) is 13.6 Å². The maximum absolute atomic E-state index is 6.47. The van der Waals surface area contributed by atoms with Crippen LogP contribution in [0.5, 0.6) is 0 Å². The first-order valence-electron chi connectivity index (χ1n) is 9.70. The molecule has 0 spiro atoms. The monoisotopic (exact) mass is 358 g/mol. The second kappa shape index (κ2) is 7.51. The molecule has 1 saturated carbocycles. The van der Waals surface area contributed by atoms with Gasteiger partial charge >= 0.3 is 8.60 Å². The zero-order chi connectivity index (χ0) is 18.3. The van der Waals surface area contributed by atoms with E-state index in [0.717, 1.165) is 12.3 Å². The van der Waals surface area contributed by atoms with Crippen LogP contribution in [0.4, 0.5) is 0 Å². The van der Waals surface area contributed by atoms with E-state index in [1.165, 1.54) is 12.8 Å². The van der Waals surface area contributed by atoms with Gasteiger partial charge < -0.3 is 13.6 Å². The van der Waals surface area contributed by atoms with Crippen molar-refractivity contribution in [2.24, 2.45) is 28.6 Å². The first-order valence-corrected chi connectivity index (χ1v) is 10.8. The van der Waals surface area contributed by atoms with Gasteiger partial charge in [-0.25, -0.2) is 0 Å². The van der Waals surface area contributed by atoms with E-state index in [-0.39, 0.29) is 29.1 Å². The van der Waals surface area contributed by atoms with E-state index < -0.39 is 8.60 Å². The Morgan fingerprint density at radius 2 is 1.42 bits per heavy atom. The second-order valence-corrected chi connectivity index (χ2v) is 11.6. The molecule has 1 aliphatic heterocycles. The van der Waals surface area contributed by atoms with Crippen LogP contribution in [-0.4, -0.2) is 18.3 Å². The summed E-state index contributed by atoms with van der Waals surface area (Å²) in [5.41, 5.74) is 0.103. The average molecular weight is 359 g/mol. The van der Waals surface area contributed by atoms with Gasteiger partial charge in [0, 0.05) is 0 Å². The molecule has 1 heterocycles. The van der Waals surface area contributed by atoms with Crippen molar-refractivity contribution in [3.63, 3.8) is 0 Å². The fourth-order valence-corrected chi connectivity index (χ4v) is 5.78. The van der Waals surface area contributed by atoms with Crippen molar-refractivity contribution < 1.29 is 13.6 Å². The molecule has 0 unspecified atom stereocenters. The van der Waals surface area contributed by atoms with Gasteiger partial charge in [-0.3, -0.25) is 0 Å². The summed E-state index contributed by atoms with van der Waals surface area (Å²) in [6.07, 6.45) is 4.16. The molecule has 24 heavy (non-hydrogen) atoms. The van der Waals surface area contributed by atoms with Crippen molar-refractivity contribution in [1.82, 2.24) is 0 Å². The maximum atomic E-state index is 6.47. The standard InChI is InChI=1S/C20H39O3P/c1-13(2)15-11-10-14(3)12-16(15)21-24-22-17(19(4,5)6)18(23-24)20(7,8)9/h13-18H,10-12H2,1-9H3/t14-,15+,16-,17-,18-/m1/s1. The van der Waals surface area contributed by atoms with Crippen LogP contribution < -0.4 is 0 Å². The van der Waals surface area contributed by atoms with Crippen LogP contribution in [0.3, 0.4) is 0 Å². The molecule has 4 heteroatoms.